The highest BCUT2D eigenvalue weighted by molar-refractivity contribution is 5.77. The molecule has 0 radical (unpaired) electrons. The number of hydrogen-bond donors (Lipinski definition) is 2. The first-order chi connectivity index (χ1) is 8.65. The van der Waals surface area contributed by atoms with Crippen molar-refractivity contribution in [1.82, 2.24) is 4.90 Å². The SMILES string of the molecule is COc1cccc([C@@H]2CN(C(=O)CO)C[C@H]2N)c1. The maximum atomic E-state index is 11.5. The lowest BCUT2D eigenvalue weighted by atomic mass is 9.95. The minimum Gasteiger partial charge on any atom is -0.497 e. The number of carbonyl (C=O) groups excluding carboxylic acids is 1. The van der Waals surface area contributed by atoms with Crippen LogP contribution in [0, 0.1) is 0 Å². The topological polar surface area (TPSA) is 75.8 Å². The zero-order valence-electron chi connectivity index (χ0n) is 10.4. The van der Waals surface area contributed by atoms with Gasteiger partial charge in [-0.25, -0.2) is 0 Å². The highest BCUT2D eigenvalue weighted by Gasteiger charge is 2.33. The molecule has 1 fully saturated rings. The second-order valence-corrected chi connectivity index (χ2v) is 4.50. The highest BCUT2D eigenvalue weighted by atomic mass is 16.5. The number of aliphatic hydroxyl groups is 1. The van der Waals surface area contributed by atoms with E-state index in [0.717, 1.165) is 11.3 Å². The van der Waals surface area contributed by atoms with E-state index in [2.05, 4.69) is 0 Å². The van der Waals surface area contributed by atoms with Crippen molar-refractivity contribution in [3.05, 3.63) is 29.8 Å². The van der Waals surface area contributed by atoms with E-state index in [-0.39, 0.29) is 17.9 Å². The van der Waals surface area contributed by atoms with E-state index in [9.17, 15) is 4.79 Å². The molecule has 0 unspecified atom stereocenters. The average Bonchev–Trinajstić information content (AvgIpc) is 2.80. The van der Waals surface area contributed by atoms with E-state index in [1.54, 1.807) is 12.0 Å². The molecule has 18 heavy (non-hydrogen) atoms. The molecule has 1 aliphatic rings. The summed E-state index contributed by atoms with van der Waals surface area (Å²) in [6, 6.07) is 7.61. The summed E-state index contributed by atoms with van der Waals surface area (Å²) in [5.74, 6) is 0.609. The third kappa shape index (κ3) is 2.47. The van der Waals surface area contributed by atoms with Crippen molar-refractivity contribution in [3.63, 3.8) is 0 Å². The first kappa shape index (κ1) is 12.9. The number of benzene rings is 1. The molecule has 0 spiro atoms. The molecule has 98 valence electrons. The van der Waals surface area contributed by atoms with E-state index in [1.807, 2.05) is 24.3 Å². The molecule has 5 heteroatoms. The Morgan fingerprint density at radius 2 is 2.33 bits per heavy atom. The van der Waals surface area contributed by atoms with Gasteiger partial charge in [-0.05, 0) is 17.7 Å². The van der Waals surface area contributed by atoms with Crippen molar-refractivity contribution in [1.29, 1.82) is 0 Å². The summed E-state index contributed by atoms with van der Waals surface area (Å²) in [5.41, 5.74) is 7.13. The number of amides is 1. The number of nitrogens with two attached hydrogens (primary N) is 1. The van der Waals surface area contributed by atoms with Crippen molar-refractivity contribution in [2.24, 2.45) is 5.73 Å². The van der Waals surface area contributed by atoms with Crippen LogP contribution in [0.5, 0.6) is 5.75 Å². The van der Waals surface area contributed by atoms with Crippen LogP contribution >= 0.6 is 0 Å². The van der Waals surface area contributed by atoms with Crippen LogP contribution in [0.2, 0.25) is 0 Å². The summed E-state index contributed by atoms with van der Waals surface area (Å²) >= 11 is 0. The smallest absolute Gasteiger partial charge is 0.248 e. The van der Waals surface area contributed by atoms with Crippen molar-refractivity contribution < 1.29 is 14.6 Å². The van der Waals surface area contributed by atoms with E-state index in [0.29, 0.717) is 13.1 Å². The summed E-state index contributed by atoms with van der Waals surface area (Å²) in [5, 5.41) is 8.87. The Hall–Kier alpha value is -1.59. The van der Waals surface area contributed by atoms with Crippen LogP contribution in [-0.4, -0.2) is 48.8 Å². The molecule has 0 aliphatic carbocycles. The molecule has 0 aromatic heterocycles. The zero-order valence-corrected chi connectivity index (χ0v) is 10.4. The largest absolute Gasteiger partial charge is 0.497 e. The molecular weight excluding hydrogens is 232 g/mol. The quantitative estimate of drug-likeness (QED) is 0.788. The molecule has 1 aliphatic heterocycles. The monoisotopic (exact) mass is 250 g/mol. The number of carbonyl (C=O) groups is 1. The summed E-state index contributed by atoms with van der Waals surface area (Å²) in [6.45, 7) is 0.576. The molecule has 1 aromatic rings. The fraction of sp³-hybridized carbons (Fsp3) is 0.462. The number of likely N-dealkylation sites (tertiary alicyclic amines) is 1. The number of methoxy groups -OCH3 is 1. The Balaban J connectivity index is 2.16. The molecule has 0 bridgehead atoms. The minimum atomic E-state index is -0.461. The summed E-state index contributed by atoms with van der Waals surface area (Å²) in [4.78, 5) is 13.1. The minimum absolute atomic E-state index is 0.0931. The Kier molecular flexibility index (Phi) is 3.84. The Morgan fingerprint density at radius 1 is 1.56 bits per heavy atom. The van der Waals surface area contributed by atoms with Gasteiger partial charge in [0.2, 0.25) is 5.91 Å². The maximum absolute atomic E-state index is 11.5. The first-order valence-electron chi connectivity index (χ1n) is 5.94. The number of nitrogens with zero attached hydrogens (tertiary/aromatic N) is 1. The molecule has 1 amide bonds. The molecule has 1 saturated heterocycles. The lowest BCUT2D eigenvalue weighted by Gasteiger charge is -2.16. The summed E-state index contributed by atoms with van der Waals surface area (Å²) < 4.78 is 5.18. The number of aliphatic hydroxyl groups excluding tert-OH is 1. The van der Waals surface area contributed by atoms with E-state index >= 15 is 0 Å². The molecule has 0 saturated carbocycles. The predicted molar refractivity (Wildman–Crippen MR) is 67.4 cm³/mol. The van der Waals surface area contributed by atoms with Crippen LogP contribution in [0.3, 0.4) is 0 Å². The molecule has 3 N–H and O–H groups in total. The average molecular weight is 250 g/mol. The Bertz CT molecular complexity index is 436. The fourth-order valence-electron chi connectivity index (χ4n) is 2.36. The predicted octanol–water partition coefficient (Wildman–Crippen LogP) is -0.0594. The van der Waals surface area contributed by atoms with E-state index in [4.69, 9.17) is 15.6 Å². The van der Waals surface area contributed by atoms with Gasteiger partial charge >= 0.3 is 0 Å². The van der Waals surface area contributed by atoms with Crippen LogP contribution < -0.4 is 10.5 Å². The maximum Gasteiger partial charge on any atom is 0.248 e. The fourth-order valence-corrected chi connectivity index (χ4v) is 2.36. The van der Waals surface area contributed by atoms with Crippen LogP contribution in [0.1, 0.15) is 11.5 Å². The molecule has 1 heterocycles. The standard InChI is InChI=1S/C13H18N2O3/c1-18-10-4-2-3-9(5-10)11-6-15(7-12(11)14)13(17)8-16/h2-5,11-12,16H,6-8,14H2,1H3/t11-,12+/m0/s1. The molecule has 5 nitrogen and oxygen atoms in total. The number of rotatable bonds is 3. The van der Waals surface area contributed by atoms with Crippen LogP contribution in [0.25, 0.3) is 0 Å². The number of hydrogen-bond acceptors (Lipinski definition) is 4. The third-order valence-corrected chi connectivity index (χ3v) is 3.38. The molecule has 2 rings (SSSR count). The van der Waals surface area contributed by atoms with Gasteiger partial charge in [0, 0.05) is 25.0 Å². The van der Waals surface area contributed by atoms with Gasteiger partial charge in [-0.3, -0.25) is 4.79 Å². The van der Waals surface area contributed by atoms with Crippen molar-refractivity contribution in [2.45, 2.75) is 12.0 Å². The van der Waals surface area contributed by atoms with Gasteiger partial charge in [-0.2, -0.15) is 0 Å². The Morgan fingerprint density at radius 3 is 3.00 bits per heavy atom. The molecular formula is C13H18N2O3. The van der Waals surface area contributed by atoms with E-state index in [1.165, 1.54) is 0 Å². The first-order valence-corrected chi connectivity index (χ1v) is 5.94. The van der Waals surface area contributed by atoms with Crippen LogP contribution in [0.4, 0.5) is 0 Å². The molecule has 1 aromatic carbocycles. The summed E-state index contributed by atoms with van der Waals surface area (Å²) in [6.07, 6.45) is 0. The third-order valence-electron chi connectivity index (χ3n) is 3.38. The highest BCUT2D eigenvalue weighted by Crippen LogP contribution is 2.28. The van der Waals surface area contributed by atoms with Gasteiger partial charge < -0.3 is 20.5 Å². The van der Waals surface area contributed by atoms with Gasteiger partial charge in [-0.1, -0.05) is 12.1 Å². The van der Waals surface area contributed by atoms with Gasteiger partial charge in [0.25, 0.3) is 0 Å². The van der Waals surface area contributed by atoms with Gasteiger partial charge in [0.05, 0.1) is 7.11 Å². The lowest BCUT2D eigenvalue weighted by molar-refractivity contribution is -0.133. The van der Waals surface area contributed by atoms with Crippen LogP contribution in [0.15, 0.2) is 24.3 Å². The van der Waals surface area contributed by atoms with Crippen molar-refractivity contribution >= 4 is 5.91 Å². The van der Waals surface area contributed by atoms with Gasteiger partial charge in [0.1, 0.15) is 12.4 Å². The Labute approximate surface area is 106 Å². The van der Waals surface area contributed by atoms with Crippen LogP contribution in [-0.2, 0) is 4.79 Å². The lowest BCUT2D eigenvalue weighted by Crippen LogP contribution is -2.33. The molecule has 2 atom stereocenters. The summed E-state index contributed by atoms with van der Waals surface area (Å²) in [7, 11) is 1.62. The number of ether oxygens (including phenoxy) is 1. The second-order valence-electron chi connectivity index (χ2n) is 4.50. The second kappa shape index (κ2) is 5.37. The van der Waals surface area contributed by atoms with Crippen molar-refractivity contribution in [3.8, 4) is 5.75 Å². The normalized spacial score (nSPS) is 23.2. The zero-order chi connectivity index (χ0) is 13.1. The van der Waals surface area contributed by atoms with Gasteiger partial charge in [-0.15, -0.1) is 0 Å². The van der Waals surface area contributed by atoms with E-state index < -0.39 is 6.61 Å². The van der Waals surface area contributed by atoms with Crippen molar-refractivity contribution in [2.75, 3.05) is 26.8 Å². The van der Waals surface area contributed by atoms with Gasteiger partial charge in [0.15, 0.2) is 0 Å².